The van der Waals surface area contributed by atoms with Crippen LogP contribution in [0.4, 0.5) is 5.69 Å². The van der Waals surface area contributed by atoms with Crippen molar-refractivity contribution in [2.45, 2.75) is 33.2 Å². The Morgan fingerprint density at radius 2 is 1.68 bits per heavy atom. The van der Waals surface area contributed by atoms with Gasteiger partial charge in [-0.15, -0.1) is 0 Å². The Morgan fingerprint density at radius 3 is 2.29 bits per heavy atom. The van der Waals surface area contributed by atoms with Crippen molar-refractivity contribution in [1.29, 1.82) is 0 Å². The molecule has 0 aromatic heterocycles. The van der Waals surface area contributed by atoms with Crippen LogP contribution < -0.4 is 10.6 Å². The van der Waals surface area contributed by atoms with Crippen molar-refractivity contribution in [2.24, 2.45) is 5.92 Å². The molecular formula is C23H25ClN2O5. The average Bonchev–Trinajstić information content (AvgIpc) is 2.75. The topological polar surface area (TPSA) is 102 Å². The third kappa shape index (κ3) is 6.93. The highest BCUT2D eigenvalue weighted by Gasteiger charge is 2.28. The van der Waals surface area contributed by atoms with Crippen LogP contribution in [0.2, 0.25) is 5.02 Å². The molecule has 0 spiro atoms. The minimum Gasteiger partial charge on any atom is -0.454 e. The molecular weight excluding hydrogens is 420 g/mol. The van der Waals surface area contributed by atoms with Gasteiger partial charge in [0.2, 0.25) is 0 Å². The van der Waals surface area contributed by atoms with Crippen LogP contribution in [0.5, 0.6) is 0 Å². The van der Waals surface area contributed by atoms with Crippen molar-refractivity contribution in [3.05, 3.63) is 64.7 Å². The average molecular weight is 445 g/mol. The lowest BCUT2D eigenvalue weighted by Crippen LogP contribution is -2.46. The number of hydrogen-bond acceptors (Lipinski definition) is 5. The van der Waals surface area contributed by atoms with E-state index in [0.29, 0.717) is 28.3 Å². The zero-order valence-electron chi connectivity index (χ0n) is 17.6. The van der Waals surface area contributed by atoms with Crippen LogP contribution in [-0.4, -0.2) is 36.2 Å². The molecule has 0 radical (unpaired) electrons. The molecule has 2 aromatic carbocycles. The Labute approximate surface area is 186 Å². The molecule has 31 heavy (non-hydrogen) atoms. The Hall–Kier alpha value is -3.19. The number of Topliss-reactive ketones (excluding diaryl/α,β-unsaturated/α-hetero) is 1. The second-order valence-electron chi connectivity index (χ2n) is 7.10. The molecule has 2 atom stereocenters. The van der Waals surface area contributed by atoms with Crippen molar-refractivity contribution >= 4 is 40.9 Å². The van der Waals surface area contributed by atoms with E-state index in [9.17, 15) is 19.2 Å². The molecule has 0 aliphatic rings. The third-order valence-electron chi connectivity index (χ3n) is 4.79. The van der Waals surface area contributed by atoms with Gasteiger partial charge in [-0.3, -0.25) is 14.4 Å². The lowest BCUT2D eigenvalue weighted by Gasteiger charge is -2.22. The zero-order chi connectivity index (χ0) is 23.0. The van der Waals surface area contributed by atoms with Crippen LogP contribution in [0.3, 0.4) is 0 Å². The Balaban J connectivity index is 2.00. The first-order chi connectivity index (χ1) is 14.7. The first kappa shape index (κ1) is 24.1. The number of anilines is 1. The van der Waals surface area contributed by atoms with E-state index in [2.05, 4.69) is 10.6 Å². The number of halogens is 1. The predicted molar refractivity (Wildman–Crippen MR) is 118 cm³/mol. The van der Waals surface area contributed by atoms with Crippen molar-refractivity contribution in [2.75, 3.05) is 11.9 Å². The Bertz CT molecular complexity index is 959. The fourth-order valence-electron chi connectivity index (χ4n) is 2.81. The summed E-state index contributed by atoms with van der Waals surface area (Å²) in [5.41, 5.74) is 1.05. The first-order valence-electron chi connectivity index (χ1n) is 9.85. The molecule has 0 saturated carbocycles. The summed E-state index contributed by atoms with van der Waals surface area (Å²) < 4.78 is 5.15. The molecule has 0 bridgehead atoms. The first-order valence-corrected chi connectivity index (χ1v) is 10.2. The van der Waals surface area contributed by atoms with Gasteiger partial charge in [-0.2, -0.15) is 0 Å². The minimum atomic E-state index is -0.925. The molecule has 0 unspecified atom stereocenters. The number of para-hydroxylation sites is 1. The van der Waals surface area contributed by atoms with Gasteiger partial charge in [0.1, 0.15) is 6.04 Å². The zero-order valence-corrected chi connectivity index (χ0v) is 18.4. The third-order valence-corrected chi connectivity index (χ3v) is 5.04. The molecule has 0 aliphatic carbocycles. The number of ketones is 1. The summed E-state index contributed by atoms with van der Waals surface area (Å²) in [7, 11) is 0. The SMILES string of the molecule is CC[C@@H](C)[C@H](NC(=O)c1ccc(Cl)cc1)C(=O)OCC(=O)Nc1ccccc1C(C)=O. The van der Waals surface area contributed by atoms with Crippen molar-refractivity contribution in [3.8, 4) is 0 Å². The summed E-state index contributed by atoms with van der Waals surface area (Å²) in [6.45, 7) is 4.53. The van der Waals surface area contributed by atoms with E-state index >= 15 is 0 Å². The standard InChI is InChI=1S/C23H25ClN2O5/c1-4-14(2)21(26-22(29)16-9-11-17(24)12-10-16)23(30)31-13-20(28)25-19-8-6-5-7-18(19)15(3)27/h5-12,14,21H,4,13H2,1-3H3,(H,25,28)(H,26,29)/t14-,21+/m1/s1. The highest BCUT2D eigenvalue weighted by Crippen LogP contribution is 2.16. The van der Waals surface area contributed by atoms with Gasteiger partial charge in [-0.05, 0) is 49.2 Å². The van der Waals surface area contributed by atoms with Crippen LogP contribution in [0.15, 0.2) is 48.5 Å². The molecule has 2 aromatic rings. The molecule has 7 nitrogen and oxygen atoms in total. The summed E-state index contributed by atoms with van der Waals surface area (Å²) in [4.78, 5) is 49.0. The number of benzene rings is 2. The normalized spacial score (nSPS) is 12.4. The van der Waals surface area contributed by atoms with Gasteiger partial charge in [-0.25, -0.2) is 4.79 Å². The van der Waals surface area contributed by atoms with Crippen molar-refractivity contribution in [1.82, 2.24) is 5.32 Å². The number of carbonyl (C=O) groups excluding carboxylic acids is 4. The van der Waals surface area contributed by atoms with E-state index in [1.807, 2.05) is 6.92 Å². The van der Waals surface area contributed by atoms with Gasteiger partial charge >= 0.3 is 5.97 Å². The molecule has 2 rings (SSSR count). The monoisotopic (exact) mass is 444 g/mol. The number of esters is 1. The fourth-order valence-corrected chi connectivity index (χ4v) is 2.93. The molecule has 2 N–H and O–H groups in total. The number of amides is 2. The van der Waals surface area contributed by atoms with Gasteiger partial charge < -0.3 is 15.4 Å². The maximum absolute atomic E-state index is 12.6. The predicted octanol–water partition coefficient (Wildman–Crippen LogP) is 3.87. The number of rotatable bonds is 9. The van der Waals surface area contributed by atoms with E-state index < -0.39 is 30.4 Å². The molecule has 0 saturated heterocycles. The van der Waals surface area contributed by atoms with E-state index in [1.54, 1.807) is 55.5 Å². The molecule has 2 amide bonds. The van der Waals surface area contributed by atoms with Gasteiger partial charge in [0.25, 0.3) is 11.8 Å². The minimum absolute atomic E-state index is 0.199. The summed E-state index contributed by atoms with van der Waals surface area (Å²) in [6.07, 6.45) is 0.610. The van der Waals surface area contributed by atoms with E-state index in [-0.39, 0.29) is 11.7 Å². The van der Waals surface area contributed by atoms with Gasteiger partial charge in [0.15, 0.2) is 12.4 Å². The van der Waals surface area contributed by atoms with Crippen LogP contribution in [0, 0.1) is 5.92 Å². The van der Waals surface area contributed by atoms with Crippen molar-refractivity contribution in [3.63, 3.8) is 0 Å². The van der Waals surface area contributed by atoms with Gasteiger partial charge in [0.05, 0.1) is 5.69 Å². The van der Waals surface area contributed by atoms with Gasteiger partial charge in [-0.1, -0.05) is 44.0 Å². The quantitative estimate of drug-likeness (QED) is 0.451. The van der Waals surface area contributed by atoms with Crippen LogP contribution in [0.1, 0.15) is 47.9 Å². The lowest BCUT2D eigenvalue weighted by molar-refractivity contribution is -0.150. The summed E-state index contributed by atoms with van der Waals surface area (Å²) >= 11 is 5.84. The summed E-state index contributed by atoms with van der Waals surface area (Å²) in [5, 5.41) is 5.72. The smallest absolute Gasteiger partial charge is 0.329 e. The maximum atomic E-state index is 12.6. The molecule has 0 fully saturated rings. The molecule has 164 valence electrons. The number of carbonyl (C=O) groups is 4. The second-order valence-corrected chi connectivity index (χ2v) is 7.54. The largest absolute Gasteiger partial charge is 0.454 e. The highest BCUT2D eigenvalue weighted by atomic mass is 35.5. The van der Waals surface area contributed by atoms with Gasteiger partial charge in [0, 0.05) is 16.1 Å². The Kier molecular flexibility index (Phi) is 8.75. The Morgan fingerprint density at radius 1 is 1.03 bits per heavy atom. The maximum Gasteiger partial charge on any atom is 0.329 e. The summed E-state index contributed by atoms with van der Waals surface area (Å²) in [6, 6.07) is 11.9. The number of hydrogen-bond donors (Lipinski definition) is 2. The molecule has 0 heterocycles. The van der Waals surface area contributed by atoms with E-state index in [1.165, 1.54) is 6.92 Å². The van der Waals surface area contributed by atoms with E-state index in [0.717, 1.165) is 0 Å². The number of nitrogens with one attached hydrogen (secondary N) is 2. The fraction of sp³-hybridized carbons (Fsp3) is 0.304. The summed E-state index contributed by atoms with van der Waals surface area (Å²) in [5.74, 6) is -2.17. The van der Waals surface area contributed by atoms with Crippen LogP contribution in [-0.2, 0) is 14.3 Å². The molecule has 0 aliphatic heterocycles. The highest BCUT2D eigenvalue weighted by molar-refractivity contribution is 6.30. The van der Waals surface area contributed by atoms with Crippen LogP contribution in [0.25, 0.3) is 0 Å². The second kappa shape index (κ2) is 11.3. The van der Waals surface area contributed by atoms with Crippen molar-refractivity contribution < 1.29 is 23.9 Å². The lowest BCUT2D eigenvalue weighted by atomic mass is 9.99. The van der Waals surface area contributed by atoms with Crippen LogP contribution >= 0.6 is 11.6 Å². The number of ether oxygens (including phenoxy) is 1. The van der Waals surface area contributed by atoms with E-state index in [4.69, 9.17) is 16.3 Å². The molecule has 8 heteroatoms.